The predicted molar refractivity (Wildman–Crippen MR) is 62.8 cm³/mol. The summed E-state index contributed by atoms with van der Waals surface area (Å²) in [6.45, 7) is 4.48. The maximum Gasteiger partial charge on any atom is 0.106 e. The molecule has 1 aromatic heterocycles. The lowest BCUT2D eigenvalue weighted by atomic mass is 9.97. The number of thiazole rings is 1. The molecule has 4 rings (SSSR count). The van der Waals surface area contributed by atoms with E-state index in [0.717, 1.165) is 13.2 Å². The Morgan fingerprint density at radius 2 is 2.38 bits per heavy atom. The van der Waals surface area contributed by atoms with E-state index in [0.29, 0.717) is 11.5 Å². The summed E-state index contributed by atoms with van der Waals surface area (Å²) in [6, 6.07) is 0. The zero-order valence-corrected chi connectivity index (χ0v) is 10.1. The molecule has 3 heterocycles. The summed E-state index contributed by atoms with van der Waals surface area (Å²) in [6.07, 6.45) is 4.21. The minimum absolute atomic E-state index is 0.300. The number of nitrogens with zero attached hydrogens (tertiary/aromatic N) is 2. The number of fused-ring (bicyclic) bond motifs is 2. The van der Waals surface area contributed by atoms with E-state index in [9.17, 15) is 0 Å². The molecule has 1 aromatic rings. The van der Waals surface area contributed by atoms with Crippen molar-refractivity contribution in [1.82, 2.24) is 9.88 Å². The zero-order valence-electron chi connectivity index (χ0n) is 9.32. The third-order valence-electron chi connectivity index (χ3n) is 4.18. The first-order valence-corrected chi connectivity index (χ1v) is 7.03. The van der Waals surface area contributed by atoms with E-state index in [2.05, 4.69) is 9.88 Å². The lowest BCUT2D eigenvalue weighted by Gasteiger charge is -2.36. The maximum absolute atomic E-state index is 6.08. The third-order valence-corrected chi connectivity index (χ3v) is 5.10. The number of rotatable bonds is 2. The first-order chi connectivity index (χ1) is 7.87. The van der Waals surface area contributed by atoms with Crippen molar-refractivity contribution >= 4 is 11.3 Å². The summed E-state index contributed by atoms with van der Waals surface area (Å²) in [5.74, 6) is 0. The lowest BCUT2D eigenvalue weighted by Crippen LogP contribution is -2.42. The van der Waals surface area contributed by atoms with Crippen molar-refractivity contribution in [1.29, 1.82) is 0 Å². The molecule has 0 bridgehead atoms. The van der Waals surface area contributed by atoms with Gasteiger partial charge in [0.15, 0.2) is 0 Å². The van der Waals surface area contributed by atoms with Crippen molar-refractivity contribution < 1.29 is 4.74 Å². The van der Waals surface area contributed by atoms with E-state index in [-0.39, 0.29) is 0 Å². The van der Waals surface area contributed by atoms with Crippen molar-refractivity contribution in [2.75, 3.05) is 26.2 Å². The van der Waals surface area contributed by atoms with Gasteiger partial charge in [0.2, 0.25) is 0 Å². The van der Waals surface area contributed by atoms with Crippen LogP contribution in [0.1, 0.15) is 35.9 Å². The molecule has 16 heavy (non-hydrogen) atoms. The van der Waals surface area contributed by atoms with Gasteiger partial charge in [0, 0.05) is 12.0 Å². The molecule has 1 unspecified atom stereocenters. The van der Waals surface area contributed by atoms with E-state index in [1.807, 2.05) is 5.51 Å². The van der Waals surface area contributed by atoms with Crippen LogP contribution in [0.25, 0.3) is 0 Å². The fourth-order valence-electron chi connectivity index (χ4n) is 2.75. The molecule has 1 saturated heterocycles. The Morgan fingerprint density at radius 1 is 1.50 bits per heavy atom. The molecule has 2 aliphatic heterocycles. The number of likely N-dealkylation sites (tertiary alicyclic amines) is 1. The Morgan fingerprint density at radius 3 is 3.06 bits per heavy atom. The summed E-state index contributed by atoms with van der Waals surface area (Å²) in [4.78, 5) is 8.49. The van der Waals surface area contributed by atoms with Gasteiger partial charge < -0.3 is 9.64 Å². The highest BCUT2D eigenvalue weighted by Crippen LogP contribution is 2.54. The van der Waals surface area contributed by atoms with Gasteiger partial charge in [-0.15, -0.1) is 11.3 Å². The minimum atomic E-state index is 0.300. The highest BCUT2D eigenvalue weighted by Gasteiger charge is 2.51. The summed E-state index contributed by atoms with van der Waals surface area (Å²) >= 11 is 1.79. The number of hydrogen-bond acceptors (Lipinski definition) is 4. The number of aromatic nitrogens is 1. The summed E-state index contributed by atoms with van der Waals surface area (Å²) in [7, 11) is 0. The van der Waals surface area contributed by atoms with Gasteiger partial charge in [0.05, 0.1) is 22.7 Å². The SMILES string of the molecule is c1nc2c(s1)C(CN1CCC1)OCC21CC1. The third kappa shape index (κ3) is 1.30. The van der Waals surface area contributed by atoms with Gasteiger partial charge in [-0.25, -0.2) is 4.98 Å². The van der Waals surface area contributed by atoms with Gasteiger partial charge in [-0.1, -0.05) is 0 Å². The second kappa shape index (κ2) is 3.28. The molecule has 3 aliphatic rings. The van der Waals surface area contributed by atoms with Crippen molar-refractivity contribution in [3.63, 3.8) is 0 Å². The first-order valence-electron chi connectivity index (χ1n) is 6.15. The van der Waals surface area contributed by atoms with E-state index < -0.39 is 0 Å². The van der Waals surface area contributed by atoms with Crippen LogP contribution in [-0.4, -0.2) is 36.1 Å². The van der Waals surface area contributed by atoms with Crippen LogP contribution in [0.4, 0.5) is 0 Å². The molecule has 0 aromatic carbocycles. The maximum atomic E-state index is 6.08. The molecule has 4 heteroatoms. The average Bonchev–Trinajstić information content (AvgIpc) is 2.82. The van der Waals surface area contributed by atoms with Crippen LogP contribution < -0.4 is 0 Å². The lowest BCUT2D eigenvalue weighted by molar-refractivity contribution is -0.0108. The van der Waals surface area contributed by atoms with Gasteiger partial charge in [-0.2, -0.15) is 0 Å². The van der Waals surface area contributed by atoms with Crippen LogP contribution in [0.3, 0.4) is 0 Å². The average molecular weight is 236 g/mol. The van der Waals surface area contributed by atoms with Crippen LogP contribution in [0.2, 0.25) is 0 Å². The quantitative estimate of drug-likeness (QED) is 0.785. The van der Waals surface area contributed by atoms with Crippen molar-refractivity contribution in [2.45, 2.75) is 30.8 Å². The normalized spacial score (nSPS) is 31.1. The van der Waals surface area contributed by atoms with E-state index in [1.165, 1.54) is 42.9 Å². The minimum Gasteiger partial charge on any atom is -0.370 e. The molecule has 2 fully saturated rings. The predicted octanol–water partition coefficient (Wildman–Crippen LogP) is 1.95. The molecule has 86 valence electrons. The summed E-state index contributed by atoms with van der Waals surface area (Å²) in [5.41, 5.74) is 3.71. The zero-order chi connectivity index (χ0) is 10.6. The molecule has 1 aliphatic carbocycles. The van der Waals surface area contributed by atoms with Gasteiger partial charge in [0.25, 0.3) is 0 Å². The fourth-order valence-corrected chi connectivity index (χ4v) is 3.70. The van der Waals surface area contributed by atoms with Gasteiger partial charge in [-0.05, 0) is 32.4 Å². The fraction of sp³-hybridized carbons (Fsp3) is 0.750. The Labute approximate surface area is 99.4 Å². The molecule has 1 saturated carbocycles. The van der Waals surface area contributed by atoms with Crippen LogP contribution in [0, 0.1) is 0 Å². The molecule has 0 amide bonds. The second-order valence-corrected chi connectivity index (χ2v) is 6.19. The molecular weight excluding hydrogens is 220 g/mol. The highest BCUT2D eigenvalue weighted by atomic mass is 32.1. The van der Waals surface area contributed by atoms with E-state index >= 15 is 0 Å². The Balaban J connectivity index is 1.61. The second-order valence-electron chi connectivity index (χ2n) is 5.30. The number of hydrogen-bond donors (Lipinski definition) is 0. The van der Waals surface area contributed by atoms with Crippen molar-refractivity contribution in [3.8, 4) is 0 Å². The molecule has 3 nitrogen and oxygen atoms in total. The molecule has 0 radical (unpaired) electrons. The van der Waals surface area contributed by atoms with E-state index in [4.69, 9.17) is 4.74 Å². The number of ether oxygens (including phenoxy) is 1. The molecule has 0 N–H and O–H groups in total. The van der Waals surface area contributed by atoms with Crippen molar-refractivity contribution in [2.24, 2.45) is 0 Å². The standard InChI is InChI=1S/C12H16N2OS/c1-4-14(5-1)6-9-10-11(13-8-16-10)12(2-3-12)7-15-9/h8-9H,1-7H2. The molecule has 1 spiro atoms. The Kier molecular flexibility index (Phi) is 1.96. The summed E-state index contributed by atoms with van der Waals surface area (Å²) in [5, 5.41) is 0. The van der Waals surface area contributed by atoms with Gasteiger partial charge in [-0.3, -0.25) is 0 Å². The highest BCUT2D eigenvalue weighted by molar-refractivity contribution is 7.09. The van der Waals surface area contributed by atoms with Crippen LogP contribution in [0.5, 0.6) is 0 Å². The Hall–Kier alpha value is -0.450. The van der Waals surface area contributed by atoms with Gasteiger partial charge >= 0.3 is 0 Å². The van der Waals surface area contributed by atoms with E-state index in [1.54, 1.807) is 11.3 Å². The van der Waals surface area contributed by atoms with Crippen LogP contribution in [-0.2, 0) is 10.2 Å². The smallest absolute Gasteiger partial charge is 0.106 e. The molecule has 1 atom stereocenters. The van der Waals surface area contributed by atoms with Crippen LogP contribution >= 0.6 is 11.3 Å². The monoisotopic (exact) mass is 236 g/mol. The van der Waals surface area contributed by atoms with Crippen LogP contribution in [0.15, 0.2) is 5.51 Å². The Bertz CT molecular complexity index is 409. The largest absolute Gasteiger partial charge is 0.370 e. The molecular formula is C12H16N2OS. The topological polar surface area (TPSA) is 25.4 Å². The first kappa shape index (κ1) is 9.57. The van der Waals surface area contributed by atoms with Gasteiger partial charge in [0.1, 0.15) is 6.10 Å². The summed E-state index contributed by atoms with van der Waals surface area (Å²) < 4.78 is 6.08. The van der Waals surface area contributed by atoms with Crippen molar-refractivity contribution in [3.05, 3.63) is 16.1 Å².